The molecule has 4 aliphatic rings. The quantitative estimate of drug-likeness (QED) is 0.264. The molecule has 45 heavy (non-hydrogen) atoms. The van der Waals surface area contributed by atoms with Crippen LogP contribution < -0.4 is 21.9 Å². The molecule has 2 fully saturated rings. The van der Waals surface area contributed by atoms with Crippen molar-refractivity contribution in [3.05, 3.63) is 88.5 Å². The standard InChI is InChI=1S/C20H19NO4.C14H14INO4/c22-16-11-15-18(19(23)21-16)14(10-9-12-5-4-6-12)17(20(24)25-15)13-7-2-1-3-8-13;15-12-8(5-4-7-2-1-3-7)11-9(20-14(12)19)6-10(17)16-13(11)18/h1-3,7-8,12H,4-6,9-11H2,(H,21,22,23);7H,1-6H2,(H,16,17,18). The van der Waals surface area contributed by atoms with Crippen molar-refractivity contribution < 1.29 is 28.0 Å². The predicted molar refractivity (Wildman–Crippen MR) is 172 cm³/mol. The predicted octanol–water partition coefficient (Wildman–Crippen LogP) is 4.64. The molecule has 0 saturated heterocycles. The van der Waals surface area contributed by atoms with Crippen LogP contribution in [-0.4, -0.2) is 23.6 Å². The van der Waals surface area contributed by atoms with E-state index in [1.165, 1.54) is 38.5 Å². The van der Waals surface area contributed by atoms with Gasteiger partial charge in [-0.25, -0.2) is 9.59 Å². The summed E-state index contributed by atoms with van der Waals surface area (Å²) >= 11 is 1.93. The van der Waals surface area contributed by atoms with Gasteiger partial charge in [-0.05, 0) is 76.8 Å². The number of carbonyl (C=O) groups is 4. The van der Waals surface area contributed by atoms with Crippen LogP contribution in [0.1, 0.15) is 94.7 Å². The fraction of sp³-hybridized carbons (Fsp3) is 0.412. The molecule has 2 aliphatic heterocycles. The lowest BCUT2D eigenvalue weighted by Gasteiger charge is -2.26. The molecule has 2 aliphatic carbocycles. The lowest BCUT2D eigenvalue weighted by atomic mass is 9.80. The maximum atomic E-state index is 12.6. The Labute approximate surface area is 272 Å². The Bertz CT molecular complexity index is 1800. The number of amides is 4. The van der Waals surface area contributed by atoms with E-state index in [0.29, 0.717) is 50.5 Å². The number of nitrogens with one attached hydrogen (secondary N) is 2. The van der Waals surface area contributed by atoms with E-state index in [1.54, 1.807) is 0 Å². The van der Waals surface area contributed by atoms with Crippen LogP contribution in [0.15, 0.2) is 48.8 Å². The number of fused-ring (bicyclic) bond motifs is 2. The molecule has 2 saturated carbocycles. The third-order valence-corrected chi connectivity index (χ3v) is 10.4. The summed E-state index contributed by atoms with van der Waals surface area (Å²) in [5, 5.41) is 4.64. The first-order chi connectivity index (χ1) is 21.7. The molecular formula is C34H33IN2O8. The Kier molecular flexibility index (Phi) is 9.16. The van der Waals surface area contributed by atoms with Crippen molar-refractivity contribution in [3.63, 3.8) is 0 Å². The van der Waals surface area contributed by atoms with Crippen molar-refractivity contribution in [1.82, 2.24) is 10.6 Å². The van der Waals surface area contributed by atoms with Gasteiger partial charge in [0, 0.05) is 0 Å². The monoisotopic (exact) mass is 724 g/mol. The van der Waals surface area contributed by atoms with Crippen molar-refractivity contribution in [2.24, 2.45) is 11.8 Å². The number of halogens is 1. The molecule has 2 aromatic heterocycles. The van der Waals surface area contributed by atoms with Crippen LogP contribution in [0.4, 0.5) is 0 Å². The van der Waals surface area contributed by atoms with Gasteiger partial charge >= 0.3 is 11.3 Å². The Morgan fingerprint density at radius 1 is 0.644 bits per heavy atom. The van der Waals surface area contributed by atoms with Gasteiger partial charge in [-0.3, -0.25) is 29.8 Å². The summed E-state index contributed by atoms with van der Waals surface area (Å²) in [6.07, 6.45) is 10.5. The zero-order valence-electron chi connectivity index (χ0n) is 24.7. The Balaban J connectivity index is 0.000000163. The lowest BCUT2D eigenvalue weighted by Crippen LogP contribution is -2.39. The second-order valence-corrected chi connectivity index (χ2v) is 13.2. The average molecular weight is 725 g/mol. The van der Waals surface area contributed by atoms with E-state index in [0.717, 1.165) is 24.0 Å². The van der Waals surface area contributed by atoms with E-state index >= 15 is 0 Å². The number of carbonyl (C=O) groups excluding carboxylic acids is 4. The van der Waals surface area contributed by atoms with Crippen LogP contribution in [-0.2, 0) is 35.3 Å². The Morgan fingerprint density at radius 2 is 1.13 bits per heavy atom. The van der Waals surface area contributed by atoms with E-state index in [2.05, 4.69) is 10.6 Å². The highest BCUT2D eigenvalue weighted by Crippen LogP contribution is 2.35. The van der Waals surface area contributed by atoms with E-state index in [9.17, 15) is 28.8 Å². The zero-order chi connectivity index (χ0) is 31.7. The molecule has 0 atom stereocenters. The van der Waals surface area contributed by atoms with Gasteiger partial charge in [-0.15, -0.1) is 0 Å². The van der Waals surface area contributed by atoms with Gasteiger partial charge in [0.2, 0.25) is 11.8 Å². The number of rotatable bonds is 7. The molecular weight excluding hydrogens is 691 g/mol. The van der Waals surface area contributed by atoms with Crippen molar-refractivity contribution in [3.8, 4) is 11.1 Å². The number of hydrogen-bond donors (Lipinski definition) is 2. The largest absolute Gasteiger partial charge is 0.426 e. The van der Waals surface area contributed by atoms with Crippen LogP contribution in [0.5, 0.6) is 0 Å². The van der Waals surface area contributed by atoms with Gasteiger partial charge in [-0.1, -0.05) is 68.9 Å². The zero-order valence-corrected chi connectivity index (χ0v) is 26.8. The van der Waals surface area contributed by atoms with Gasteiger partial charge < -0.3 is 8.83 Å². The maximum Gasteiger partial charge on any atom is 0.349 e. The molecule has 0 unspecified atom stereocenters. The summed E-state index contributed by atoms with van der Waals surface area (Å²) in [6.45, 7) is 0. The summed E-state index contributed by atoms with van der Waals surface area (Å²) < 4.78 is 11.0. The van der Waals surface area contributed by atoms with Gasteiger partial charge in [0.05, 0.1) is 29.5 Å². The molecule has 0 radical (unpaired) electrons. The first kappa shape index (κ1) is 31.1. The number of benzene rings is 1. The SMILES string of the molecule is O=C1Cc2oc(=O)c(-c3ccccc3)c(CCC3CCC3)c2C(=O)N1.O=C1Cc2oc(=O)c(I)c(CCC3CCC3)c2C(=O)N1. The summed E-state index contributed by atoms with van der Waals surface area (Å²) in [7, 11) is 0. The molecule has 0 bridgehead atoms. The van der Waals surface area contributed by atoms with E-state index in [4.69, 9.17) is 8.83 Å². The topological polar surface area (TPSA) is 153 Å². The fourth-order valence-electron chi connectivity index (χ4n) is 6.42. The number of imide groups is 2. The fourth-order valence-corrected chi connectivity index (χ4v) is 7.06. The van der Waals surface area contributed by atoms with Crippen molar-refractivity contribution >= 4 is 46.2 Å². The number of hydrogen-bond acceptors (Lipinski definition) is 8. The highest BCUT2D eigenvalue weighted by Gasteiger charge is 2.33. The van der Waals surface area contributed by atoms with Crippen LogP contribution in [0.2, 0.25) is 0 Å². The molecule has 3 aromatic rings. The first-order valence-corrected chi connectivity index (χ1v) is 16.5. The van der Waals surface area contributed by atoms with E-state index < -0.39 is 34.9 Å². The Morgan fingerprint density at radius 3 is 1.64 bits per heavy atom. The summed E-state index contributed by atoms with van der Waals surface area (Å²) in [6, 6.07) is 9.28. The smallest absolute Gasteiger partial charge is 0.349 e. The first-order valence-electron chi connectivity index (χ1n) is 15.5. The second kappa shape index (κ2) is 13.2. The molecule has 11 heteroatoms. The van der Waals surface area contributed by atoms with E-state index in [1.807, 2.05) is 52.9 Å². The van der Waals surface area contributed by atoms with Gasteiger partial charge in [0.25, 0.3) is 11.8 Å². The molecule has 2 N–H and O–H groups in total. The van der Waals surface area contributed by atoms with Gasteiger partial charge in [0.1, 0.15) is 15.1 Å². The van der Waals surface area contributed by atoms with Crippen LogP contribution in [0.3, 0.4) is 0 Å². The van der Waals surface area contributed by atoms with Crippen molar-refractivity contribution in [1.29, 1.82) is 0 Å². The maximum absolute atomic E-state index is 12.6. The highest BCUT2D eigenvalue weighted by molar-refractivity contribution is 14.1. The van der Waals surface area contributed by atoms with Crippen LogP contribution >= 0.6 is 22.6 Å². The third-order valence-electron chi connectivity index (χ3n) is 9.26. The molecule has 0 spiro atoms. The summed E-state index contributed by atoms with van der Waals surface area (Å²) in [5.41, 5.74) is 2.50. The second-order valence-electron chi connectivity index (χ2n) is 12.2. The van der Waals surface area contributed by atoms with Gasteiger partial charge in [0.15, 0.2) is 0 Å². The van der Waals surface area contributed by atoms with E-state index in [-0.39, 0.29) is 24.4 Å². The molecule has 1 aromatic carbocycles. The molecule has 4 amide bonds. The summed E-state index contributed by atoms with van der Waals surface area (Å²) in [4.78, 5) is 71.9. The minimum Gasteiger partial charge on any atom is -0.426 e. The third kappa shape index (κ3) is 6.58. The van der Waals surface area contributed by atoms with Crippen LogP contribution in [0, 0.1) is 15.4 Å². The highest BCUT2D eigenvalue weighted by atomic mass is 127. The molecule has 234 valence electrons. The molecule has 4 heterocycles. The molecule has 7 rings (SSSR count). The van der Waals surface area contributed by atoms with Crippen LogP contribution in [0.25, 0.3) is 11.1 Å². The Hall–Kier alpha value is -3.87. The minimum atomic E-state index is -0.476. The summed E-state index contributed by atoms with van der Waals surface area (Å²) in [5.74, 6) is 0.00349. The van der Waals surface area contributed by atoms with Gasteiger partial charge in [-0.2, -0.15) is 0 Å². The normalized spacial score (nSPS) is 17.6. The van der Waals surface area contributed by atoms with Crippen molar-refractivity contribution in [2.75, 3.05) is 0 Å². The minimum absolute atomic E-state index is 0.0380. The molecule has 10 nitrogen and oxygen atoms in total. The lowest BCUT2D eigenvalue weighted by molar-refractivity contribution is -0.121. The average Bonchev–Trinajstić information content (AvgIpc) is 2.93. The van der Waals surface area contributed by atoms with Crippen molar-refractivity contribution in [2.45, 2.75) is 77.0 Å².